The number of hydrogen-bond donors (Lipinski definition) is 1. The fraction of sp³-hybridized carbons (Fsp3) is 0.235. The standard InChI is InChI=1S/C34H34N8O3S/c1-2-31(43)39-19-21-40(22-20-39)46(44,45)41-18-16-26(23-41)24-10-12-27(13-11-24)42-33(28-9-6-17-36-32(28)35)38-30-15-14-29(37-34(30)42)25-7-4-3-5-8-25/h2-15,17,26H,1,16,18-23H2,(H2,35,36). The Morgan fingerprint density at radius 1 is 0.870 bits per heavy atom. The molecular formula is C34H34N8O3S. The Morgan fingerprint density at radius 3 is 2.35 bits per heavy atom. The molecule has 1 amide bonds. The topological polar surface area (TPSA) is 131 Å². The molecule has 0 radical (unpaired) electrons. The van der Waals surface area contributed by atoms with Gasteiger partial charge in [0.2, 0.25) is 5.91 Å². The van der Waals surface area contributed by atoms with E-state index in [-0.39, 0.29) is 24.9 Å². The molecule has 1 atom stereocenters. The molecule has 7 rings (SSSR count). The van der Waals surface area contributed by atoms with Gasteiger partial charge in [-0.05, 0) is 60.4 Å². The minimum absolute atomic E-state index is 0.0586. The second kappa shape index (κ2) is 12.1. The maximum Gasteiger partial charge on any atom is 0.282 e. The molecule has 2 fully saturated rings. The van der Waals surface area contributed by atoms with Gasteiger partial charge in [0, 0.05) is 56.7 Å². The minimum atomic E-state index is -3.63. The van der Waals surface area contributed by atoms with Gasteiger partial charge in [-0.25, -0.2) is 15.0 Å². The summed E-state index contributed by atoms with van der Waals surface area (Å²) in [5.41, 5.74) is 12.2. The Kier molecular flexibility index (Phi) is 7.85. The molecule has 12 heteroatoms. The van der Waals surface area contributed by atoms with Crippen LogP contribution in [0.25, 0.3) is 39.5 Å². The third kappa shape index (κ3) is 5.44. The van der Waals surface area contributed by atoms with Crippen LogP contribution in [0.3, 0.4) is 0 Å². The number of amides is 1. The Labute approximate surface area is 267 Å². The van der Waals surface area contributed by atoms with Gasteiger partial charge in [-0.1, -0.05) is 49.0 Å². The van der Waals surface area contributed by atoms with Gasteiger partial charge in [0.15, 0.2) is 11.5 Å². The molecule has 46 heavy (non-hydrogen) atoms. The molecule has 2 N–H and O–H groups in total. The molecule has 2 aliphatic rings. The van der Waals surface area contributed by atoms with Crippen molar-refractivity contribution in [1.82, 2.24) is 33.0 Å². The molecule has 2 aliphatic heterocycles. The molecular weight excluding hydrogens is 600 g/mol. The van der Waals surface area contributed by atoms with E-state index in [1.165, 1.54) is 10.4 Å². The summed E-state index contributed by atoms with van der Waals surface area (Å²) >= 11 is 0. The first-order chi connectivity index (χ1) is 22.3. The normalized spacial score (nSPS) is 17.8. The van der Waals surface area contributed by atoms with Crippen molar-refractivity contribution in [3.63, 3.8) is 0 Å². The number of aromatic nitrogens is 4. The van der Waals surface area contributed by atoms with Crippen LogP contribution in [0.4, 0.5) is 5.82 Å². The smallest absolute Gasteiger partial charge is 0.282 e. The van der Waals surface area contributed by atoms with Crippen LogP contribution >= 0.6 is 0 Å². The predicted octanol–water partition coefficient (Wildman–Crippen LogP) is 4.10. The number of imidazole rings is 1. The fourth-order valence-electron chi connectivity index (χ4n) is 6.30. The molecule has 2 aromatic carbocycles. The van der Waals surface area contributed by atoms with Crippen molar-refractivity contribution in [2.75, 3.05) is 45.0 Å². The van der Waals surface area contributed by atoms with E-state index in [0.29, 0.717) is 49.0 Å². The number of hydrogen-bond acceptors (Lipinski definition) is 7. The van der Waals surface area contributed by atoms with Crippen molar-refractivity contribution in [2.45, 2.75) is 12.3 Å². The van der Waals surface area contributed by atoms with Crippen molar-refractivity contribution in [3.8, 4) is 28.3 Å². The number of nitrogens with zero attached hydrogens (tertiary/aromatic N) is 7. The van der Waals surface area contributed by atoms with Crippen LogP contribution < -0.4 is 5.73 Å². The zero-order chi connectivity index (χ0) is 31.8. The molecule has 1 unspecified atom stereocenters. The van der Waals surface area contributed by atoms with E-state index < -0.39 is 10.2 Å². The van der Waals surface area contributed by atoms with Crippen LogP contribution in [0.1, 0.15) is 17.9 Å². The van der Waals surface area contributed by atoms with Gasteiger partial charge in [0.1, 0.15) is 11.3 Å². The molecule has 234 valence electrons. The highest BCUT2D eigenvalue weighted by molar-refractivity contribution is 7.86. The summed E-state index contributed by atoms with van der Waals surface area (Å²) in [4.78, 5) is 27.8. The number of nitrogen functional groups attached to an aromatic ring is 1. The summed E-state index contributed by atoms with van der Waals surface area (Å²) in [5.74, 6) is 0.899. The molecule has 5 aromatic rings. The van der Waals surface area contributed by atoms with E-state index in [1.54, 1.807) is 15.4 Å². The van der Waals surface area contributed by atoms with E-state index in [9.17, 15) is 13.2 Å². The van der Waals surface area contributed by atoms with Crippen LogP contribution in [0, 0.1) is 0 Å². The first-order valence-electron chi connectivity index (χ1n) is 15.3. The lowest BCUT2D eigenvalue weighted by molar-refractivity contribution is -0.127. The molecule has 0 saturated carbocycles. The first kappa shape index (κ1) is 29.8. The second-order valence-electron chi connectivity index (χ2n) is 11.5. The van der Waals surface area contributed by atoms with Crippen molar-refractivity contribution in [3.05, 3.63) is 103 Å². The van der Waals surface area contributed by atoms with Crippen molar-refractivity contribution in [1.29, 1.82) is 0 Å². The number of piperazine rings is 1. The number of pyridine rings is 2. The minimum Gasteiger partial charge on any atom is -0.383 e. The molecule has 2 saturated heterocycles. The first-order valence-corrected chi connectivity index (χ1v) is 16.7. The molecule has 3 aromatic heterocycles. The maximum absolute atomic E-state index is 13.5. The summed E-state index contributed by atoms with van der Waals surface area (Å²) < 4.78 is 32.0. The van der Waals surface area contributed by atoms with Crippen LogP contribution in [0.2, 0.25) is 0 Å². The fourth-order valence-corrected chi connectivity index (χ4v) is 7.95. The lowest BCUT2D eigenvalue weighted by Gasteiger charge is -2.35. The summed E-state index contributed by atoms with van der Waals surface area (Å²) in [6.07, 6.45) is 3.64. The average molecular weight is 635 g/mol. The van der Waals surface area contributed by atoms with Gasteiger partial charge in [0.05, 0.1) is 11.3 Å². The van der Waals surface area contributed by atoms with Gasteiger partial charge >= 0.3 is 0 Å². The third-order valence-corrected chi connectivity index (χ3v) is 10.8. The quantitative estimate of drug-likeness (QED) is 0.267. The monoisotopic (exact) mass is 634 g/mol. The van der Waals surface area contributed by atoms with E-state index in [2.05, 4.69) is 23.7 Å². The second-order valence-corrected chi connectivity index (χ2v) is 13.4. The Morgan fingerprint density at radius 2 is 1.63 bits per heavy atom. The number of benzene rings is 2. The van der Waals surface area contributed by atoms with Crippen LogP contribution in [-0.4, -0.2) is 86.6 Å². The summed E-state index contributed by atoms with van der Waals surface area (Å²) in [7, 11) is -3.63. The number of anilines is 1. The van der Waals surface area contributed by atoms with E-state index >= 15 is 0 Å². The Bertz CT molecular complexity index is 2020. The summed E-state index contributed by atoms with van der Waals surface area (Å²) in [6, 6.07) is 25.8. The zero-order valence-electron chi connectivity index (χ0n) is 25.2. The van der Waals surface area contributed by atoms with Crippen LogP contribution in [0.15, 0.2) is 97.7 Å². The molecule has 0 spiro atoms. The molecule has 11 nitrogen and oxygen atoms in total. The van der Waals surface area contributed by atoms with Gasteiger partial charge < -0.3 is 10.6 Å². The highest BCUT2D eigenvalue weighted by Gasteiger charge is 2.37. The van der Waals surface area contributed by atoms with Crippen LogP contribution in [0.5, 0.6) is 0 Å². The summed E-state index contributed by atoms with van der Waals surface area (Å²) in [5, 5.41) is 0. The van der Waals surface area contributed by atoms with Gasteiger partial charge in [-0.15, -0.1) is 0 Å². The van der Waals surface area contributed by atoms with Gasteiger partial charge in [0.25, 0.3) is 10.2 Å². The lowest BCUT2D eigenvalue weighted by Crippen LogP contribution is -2.53. The number of fused-ring (bicyclic) bond motifs is 1. The van der Waals surface area contributed by atoms with Crippen molar-refractivity contribution < 1.29 is 13.2 Å². The van der Waals surface area contributed by atoms with E-state index in [4.69, 9.17) is 15.7 Å². The molecule has 0 bridgehead atoms. The predicted molar refractivity (Wildman–Crippen MR) is 178 cm³/mol. The van der Waals surface area contributed by atoms with E-state index in [0.717, 1.165) is 34.4 Å². The molecule has 5 heterocycles. The average Bonchev–Trinajstić information content (AvgIpc) is 3.75. The highest BCUT2D eigenvalue weighted by atomic mass is 32.2. The largest absolute Gasteiger partial charge is 0.383 e. The van der Waals surface area contributed by atoms with Crippen LogP contribution in [-0.2, 0) is 15.0 Å². The SMILES string of the molecule is C=CC(=O)N1CCN(S(=O)(=O)N2CCC(c3ccc(-n4c(-c5cccnc5N)nc5ccc(-c6ccccc6)nc54)cc3)C2)CC1. The number of nitrogens with two attached hydrogens (primary N) is 1. The van der Waals surface area contributed by atoms with Gasteiger partial charge in [-0.2, -0.15) is 17.0 Å². The number of carbonyl (C=O) groups excluding carboxylic acids is 1. The maximum atomic E-state index is 13.5. The number of carbonyl (C=O) groups is 1. The lowest BCUT2D eigenvalue weighted by atomic mass is 9.98. The Hall–Kier alpha value is -4.91. The van der Waals surface area contributed by atoms with Crippen molar-refractivity contribution in [2.24, 2.45) is 0 Å². The van der Waals surface area contributed by atoms with Crippen molar-refractivity contribution >= 4 is 33.1 Å². The summed E-state index contributed by atoms with van der Waals surface area (Å²) in [6.45, 7) is 5.66. The van der Waals surface area contributed by atoms with Gasteiger partial charge in [-0.3, -0.25) is 9.36 Å². The third-order valence-electron chi connectivity index (χ3n) is 8.80. The number of rotatable bonds is 7. The van der Waals surface area contributed by atoms with E-state index in [1.807, 2.05) is 71.3 Å². The molecule has 0 aliphatic carbocycles. The zero-order valence-corrected chi connectivity index (χ0v) is 26.1. The Balaban J connectivity index is 1.17. The highest BCUT2D eigenvalue weighted by Crippen LogP contribution is 2.34.